The molecule has 0 spiro atoms. The maximum Gasteiger partial charge on any atom is 0.103 e. The van der Waals surface area contributed by atoms with Crippen LogP contribution >= 0.6 is 11.8 Å². The highest BCUT2D eigenvalue weighted by molar-refractivity contribution is 7.99. The van der Waals surface area contributed by atoms with Gasteiger partial charge in [-0.1, -0.05) is 0 Å². The summed E-state index contributed by atoms with van der Waals surface area (Å²) in [5, 5.41) is 12.8. The van der Waals surface area contributed by atoms with Gasteiger partial charge >= 0.3 is 0 Å². The summed E-state index contributed by atoms with van der Waals surface area (Å²) >= 11 is 2.04. The average molecular weight is 242 g/mol. The first-order chi connectivity index (χ1) is 7.70. The summed E-state index contributed by atoms with van der Waals surface area (Å²) in [6.45, 7) is 3.81. The Hall–Kier alpha value is -0.240. The van der Waals surface area contributed by atoms with Crippen LogP contribution in [0.5, 0.6) is 0 Å². The Morgan fingerprint density at radius 1 is 1.50 bits per heavy atom. The zero-order valence-corrected chi connectivity index (χ0v) is 11.1. The average Bonchev–Trinajstić information content (AvgIpc) is 2.36. The second-order valence-electron chi connectivity index (χ2n) is 4.48. The zero-order valence-electron chi connectivity index (χ0n) is 10.3. The number of nitrogens with one attached hydrogen (secondary N) is 1. The standard InChI is InChI=1S/C12H22N2OS/c1-12(10-13,14-2)6-3-9-16-11-4-7-15-8-5-11/h11,14H,3-9H2,1-2H3. The van der Waals surface area contributed by atoms with Crippen LogP contribution in [0, 0.1) is 11.3 Å². The van der Waals surface area contributed by atoms with E-state index in [0.29, 0.717) is 0 Å². The van der Waals surface area contributed by atoms with Crippen LogP contribution < -0.4 is 5.32 Å². The third kappa shape index (κ3) is 4.73. The van der Waals surface area contributed by atoms with Crippen molar-refractivity contribution in [3.63, 3.8) is 0 Å². The first kappa shape index (κ1) is 13.8. The molecule has 0 aromatic rings. The Balaban J connectivity index is 2.09. The molecule has 0 aromatic carbocycles. The van der Waals surface area contributed by atoms with E-state index in [-0.39, 0.29) is 5.54 Å². The summed E-state index contributed by atoms with van der Waals surface area (Å²) in [5.74, 6) is 1.16. The molecule has 0 aromatic heterocycles. The molecule has 0 bridgehead atoms. The predicted octanol–water partition coefficient (Wildman–Crippen LogP) is 2.18. The number of nitriles is 1. The minimum atomic E-state index is -0.351. The van der Waals surface area contributed by atoms with E-state index < -0.39 is 0 Å². The van der Waals surface area contributed by atoms with Gasteiger partial charge < -0.3 is 10.1 Å². The van der Waals surface area contributed by atoms with Gasteiger partial charge in [-0.25, -0.2) is 0 Å². The van der Waals surface area contributed by atoms with Gasteiger partial charge in [0, 0.05) is 18.5 Å². The van der Waals surface area contributed by atoms with Gasteiger partial charge in [0.25, 0.3) is 0 Å². The van der Waals surface area contributed by atoms with Gasteiger partial charge in [0.05, 0.1) is 6.07 Å². The Labute approximate surface area is 103 Å². The summed E-state index contributed by atoms with van der Waals surface area (Å²) in [5.41, 5.74) is -0.351. The first-order valence-electron chi connectivity index (χ1n) is 6.00. The molecule has 1 atom stereocenters. The number of hydrogen-bond acceptors (Lipinski definition) is 4. The lowest BCUT2D eigenvalue weighted by atomic mass is 9.99. The monoisotopic (exact) mass is 242 g/mol. The minimum absolute atomic E-state index is 0.351. The van der Waals surface area contributed by atoms with Crippen LogP contribution in [0.4, 0.5) is 0 Å². The van der Waals surface area contributed by atoms with Crippen molar-refractivity contribution in [1.82, 2.24) is 5.32 Å². The van der Waals surface area contributed by atoms with Gasteiger partial charge in [-0.3, -0.25) is 0 Å². The summed E-state index contributed by atoms with van der Waals surface area (Å²) in [6.07, 6.45) is 4.40. The van der Waals surface area contributed by atoms with Crippen molar-refractivity contribution in [2.45, 2.75) is 43.4 Å². The van der Waals surface area contributed by atoms with Crippen LogP contribution in [0.3, 0.4) is 0 Å². The number of rotatable bonds is 6. The second-order valence-corrected chi connectivity index (χ2v) is 5.89. The molecular formula is C12H22N2OS. The molecule has 1 fully saturated rings. The predicted molar refractivity (Wildman–Crippen MR) is 68.6 cm³/mol. The number of hydrogen-bond donors (Lipinski definition) is 1. The molecule has 0 aliphatic carbocycles. The van der Waals surface area contributed by atoms with Gasteiger partial charge in [-0.05, 0) is 45.4 Å². The Bertz CT molecular complexity index is 236. The fourth-order valence-electron chi connectivity index (χ4n) is 1.76. The fourth-order valence-corrected chi connectivity index (χ4v) is 2.93. The second kappa shape index (κ2) is 7.16. The smallest absolute Gasteiger partial charge is 0.103 e. The lowest BCUT2D eigenvalue weighted by molar-refractivity contribution is 0.1000. The lowest BCUT2D eigenvalue weighted by Gasteiger charge is -2.23. The maximum atomic E-state index is 9.00. The molecule has 1 unspecified atom stereocenters. The molecule has 1 aliphatic rings. The van der Waals surface area contributed by atoms with E-state index in [1.807, 2.05) is 25.7 Å². The van der Waals surface area contributed by atoms with Gasteiger partial charge in [0.2, 0.25) is 0 Å². The van der Waals surface area contributed by atoms with Gasteiger partial charge in [0.1, 0.15) is 5.54 Å². The van der Waals surface area contributed by atoms with Crippen molar-refractivity contribution in [3.05, 3.63) is 0 Å². The van der Waals surface area contributed by atoms with Crippen molar-refractivity contribution in [3.8, 4) is 6.07 Å². The molecule has 0 radical (unpaired) electrons. The van der Waals surface area contributed by atoms with E-state index in [1.165, 1.54) is 12.8 Å². The van der Waals surface area contributed by atoms with Crippen LogP contribution in [0.25, 0.3) is 0 Å². The van der Waals surface area contributed by atoms with Crippen molar-refractivity contribution in [2.24, 2.45) is 0 Å². The molecule has 3 nitrogen and oxygen atoms in total. The summed E-state index contributed by atoms with van der Waals surface area (Å²) in [7, 11) is 1.86. The minimum Gasteiger partial charge on any atom is -0.381 e. The molecule has 0 amide bonds. The number of ether oxygens (including phenoxy) is 1. The molecule has 1 heterocycles. The Morgan fingerprint density at radius 3 is 2.75 bits per heavy atom. The third-order valence-electron chi connectivity index (χ3n) is 3.14. The van der Waals surface area contributed by atoms with Gasteiger partial charge in [-0.15, -0.1) is 0 Å². The molecular weight excluding hydrogens is 220 g/mol. The summed E-state index contributed by atoms with van der Waals surface area (Å²) < 4.78 is 5.33. The molecule has 1 aliphatic heterocycles. The highest BCUT2D eigenvalue weighted by Gasteiger charge is 2.20. The molecule has 1 saturated heterocycles. The molecule has 4 heteroatoms. The normalized spacial score (nSPS) is 21.3. The van der Waals surface area contributed by atoms with Crippen molar-refractivity contribution >= 4 is 11.8 Å². The lowest BCUT2D eigenvalue weighted by Crippen LogP contribution is -2.38. The van der Waals surface area contributed by atoms with Crippen LogP contribution in [-0.2, 0) is 4.74 Å². The van der Waals surface area contributed by atoms with E-state index in [9.17, 15) is 0 Å². The topological polar surface area (TPSA) is 45.0 Å². The summed E-state index contributed by atoms with van der Waals surface area (Å²) in [6, 6.07) is 2.33. The molecule has 1 N–H and O–H groups in total. The van der Waals surface area contributed by atoms with Crippen molar-refractivity contribution in [2.75, 3.05) is 26.0 Å². The molecule has 1 rings (SSSR count). The highest BCUT2D eigenvalue weighted by atomic mass is 32.2. The molecule has 92 valence electrons. The van der Waals surface area contributed by atoms with Gasteiger partial charge in [0.15, 0.2) is 0 Å². The zero-order chi connectivity index (χ0) is 11.9. The molecule has 16 heavy (non-hydrogen) atoms. The fraction of sp³-hybridized carbons (Fsp3) is 0.917. The third-order valence-corrected chi connectivity index (χ3v) is 4.61. The van der Waals surface area contributed by atoms with Gasteiger partial charge in [-0.2, -0.15) is 17.0 Å². The van der Waals surface area contributed by atoms with E-state index in [0.717, 1.165) is 37.1 Å². The van der Waals surface area contributed by atoms with E-state index in [2.05, 4.69) is 11.4 Å². The maximum absolute atomic E-state index is 9.00. The highest BCUT2D eigenvalue weighted by Crippen LogP contribution is 2.24. The van der Waals surface area contributed by atoms with Crippen molar-refractivity contribution < 1.29 is 4.74 Å². The Morgan fingerprint density at radius 2 is 2.19 bits per heavy atom. The van der Waals surface area contributed by atoms with Crippen LogP contribution in [-0.4, -0.2) is 36.8 Å². The molecule has 0 saturated carbocycles. The van der Waals surface area contributed by atoms with Crippen LogP contribution in [0.2, 0.25) is 0 Å². The van der Waals surface area contributed by atoms with E-state index in [1.54, 1.807) is 0 Å². The summed E-state index contributed by atoms with van der Waals surface area (Å²) in [4.78, 5) is 0. The Kier molecular flexibility index (Phi) is 6.18. The SMILES string of the molecule is CNC(C)(C#N)CCCSC1CCOCC1. The largest absolute Gasteiger partial charge is 0.381 e. The van der Waals surface area contributed by atoms with Crippen LogP contribution in [0.15, 0.2) is 0 Å². The van der Waals surface area contributed by atoms with Crippen molar-refractivity contribution in [1.29, 1.82) is 5.26 Å². The van der Waals surface area contributed by atoms with E-state index in [4.69, 9.17) is 10.00 Å². The number of thioether (sulfide) groups is 1. The quantitative estimate of drug-likeness (QED) is 0.725. The van der Waals surface area contributed by atoms with E-state index >= 15 is 0 Å². The number of nitrogens with zero attached hydrogens (tertiary/aromatic N) is 1. The first-order valence-corrected chi connectivity index (χ1v) is 7.04. The van der Waals surface area contributed by atoms with Crippen LogP contribution in [0.1, 0.15) is 32.6 Å².